The number of aryl methyl sites for hydroxylation is 2. The third kappa shape index (κ3) is 4.78. The highest BCUT2D eigenvalue weighted by Crippen LogP contribution is 2.26. The van der Waals surface area contributed by atoms with Crippen LogP contribution < -0.4 is 5.32 Å². The van der Waals surface area contributed by atoms with Gasteiger partial charge in [0.05, 0.1) is 16.4 Å². The minimum absolute atomic E-state index is 0.151. The molecule has 1 atom stereocenters. The summed E-state index contributed by atoms with van der Waals surface area (Å²) in [5.74, 6) is 1.18. The van der Waals surface area contributed by atoms with Crippen molar-refractivity contribution in [3.05, 3.63) is 16.4 Å². The van der Waals surface area contributed by atoms with Crippen molar-refractivity contribution in [2.45, 2.75) is 67.0 Å². The molecule has 0 aliphatic rings. The van der Waals surface area contributed by atoms with E-state index in [2.05, 4.69) is 52.0 Å². The molecule has 0 fully saturated rings. The Balaban J connectivity index is 2.86. The standard InChI is InChI=1S/C16H30ClN3/c1-8-20-14(15(17)12(4)19-20)9-13(11(2)3)10-18-16(5,6)7/h11,13,18H,8-10H2,1-7H3. The summed E-state index contributed by atoms with van der Waals surface area (Å²) in [6.45, 7) is 17.2. The Labute approximate surface area is 129 Å². The van der Waals surface area contributed by atoms with Gasteiger partial charge in [-0.2, -0.15) is 5.10 Å². The zero-order valence-electron chi connectivity index (χ0n) is 14.0. The fourth-order valence-corrected chi connectivity index (χ4v) is 2.51. The lowest BCUT2D eigenvalue weighted by atomic mass is 9.90. The van der Waals surface area contributed by atoms with Crippen LogP contribution in [0.1, 0.15) is 52.9 Å². The minimum atomic E-state index is 0.151. The molecule has 0 aliphatic heterocycles. The Kier molecular flexibility index (Phi) is 6.08. The van der Waals surface area contributed by atoms with Crippen molar-refractivity contribution in [3.63, 3.8) is 0 Å². The van der Waals surface area contributed by atoms with E-state index in [1.54, 1.807) is 0 Å². The molecule has 1 heterocycles. The maximum Gasteiger partial charge on any atom is 0.0847 e. The number of aromatic nitrogens is 2. The van der Waals surface area contributed by atoms with E-state index in [9.17, 15) is 0 Å². The van der Waals surface area contributed by atoms with Crippen LogP contribution in [-0.2, 0) is 13.0 Å². The van der Waals surface area contributed by atoms with Gasteiger partial charge in [-0.25, -0.2) is 0 Å². The zero-order chi connectivity index (χ0) is 15.5. The van der Waals surface area contributed by atoms with E-state index in [1.165, 1.54) is 5.69 Å². The van der Waals surface area contributed by atoms with Crippen molar-refractivity contribution in [2.24, 2.45) is 11.8 Å². The Bertz CT molecular complexity index is 430. The SMILES string of the molecule is CCn1nc(C)c(Cl)c1CC(CNC(C)(C)C)C(C)C. The van der Waals surface area contributed by atoms with Crippen LogP contribution in [0, 0.1) is 18.8 Å². The van der Waals surface area contributed by atoms with Gasteiger partial charge >= 0.3 is 0 Å². The number of rotatable bonds is 6. The predicted octanol–water partition coefficient (Wildman–Crippen LogP) is 4.07. The normalized spacial score (nSPS) is 14.1. The van der Waals surface area contributed by atoms with Gasteiger partial charge in [-0.3, -0.25) is 4.68 Å². The molecular weight excluding hydrogens is 270 g/mol. The van der Waals surface area contributed by atoms with Gasteiger partial charge < -0.3 is 5.32 Å². The smallest absolute Gasteiger partial charge is 0.0847 e. The molecule has 116 valence electrons. The van der Waals surface area contributed by atoms with E-state index in [0.29, 0.717) is 11.8 Å². The number of nitrogens with zero attached hydrogens (tertiary/aromatic N) is 2. The minimum Gasteiger partial charge on any atom is -0.312 e. The van der Waals surface area contributed by atoms with Gasteiger partial charge in [0.2, 0.25) is 0 Å². The lowest BCUT2D eigenvalue weighted by Gasteiger charge is -2.27. The molecular formula is C16H30ClN3. The van der Waals surface area contributed by atoms with E-state index in [0.717, 1.165) is 30.2 Å². The highest BCUT2D eigenvalue weighted by atomic mass is 35.5. The lowest BCUT2D eigenvalue weighted by molar-refractivity contribution is 0.307. The number of halogens is 1. The van der Waals surface area contributed by atoms with Gasteiger partial charge in [0, 0.05) is 12.1 Å². The van der Waals surface area contributed by atoms with Crippen LogP contribution >= 0.6 is 11.6 Å². The average Bonchev–Trinajstić information content (AvgIpc) is 2.59. The molecule has 0 aromatic carbocycles. The lowest BCUT2D eigenvalue weighted by Crippen LogP contribution is -2.40. The van der Waals surface area contributed by atoms with Gasteiger partial charge in [0.25, 0.3) is 0 Å². The molecule has 0 bridgehead atoms. The van der Waals surface area contributed by atoms with Gasteiger partial charge in [0.15, 0.2) is 0 Å². The summed E-state index contributed by atoms with van der Waals surface area (Å²) in [5.41, 5.74) is 2.27. The molecule has 0 amide bonds. The Morgan fingerprint density at radius 1 is 1.30 bits per heavy atom. The van der Waals surface area contributed by atoms with Crippen molar-refractivity contribution >= 4 is 11.6 Å². The molecule has 0 saturated heterocycles. The molecule has 0 aliphatic carbocycles. The molecule has 3 nitrogen and oxygen atoms in total. The first-order valence-electron chi connectivity index (χ1n) is 7.62. The Morgan fingerprint density at radius 2 is 1.90 bits per heavy atom. The molecule has 1 aromatic rings. The maximum absolute atomic E-state index is 6.43. The van der Waals surface area contributed by atoms with Crippen molar-refractivity contribution in [1.29, 1.82) is 0 Å². The largest absolute Gasteiger partial charge is 0.312 e. The second-order valence-corrected chi connectivity index (χ2v) is 7.38. The third-order valence-corrected chi connectivity index (χ3v) is 4.24. The van der Waals surface area contributed by atoms with E-state index < -0.39 is 0 Å². The topological polar surface area (TPSA) is 29.9 Å². The van der Waals surface area contributed by atoms with Crippen LogP contribution in [0.3, 0.4) is 0 Å². The summed E-state index contributed by atoms with van der Waals surface area (Å²) in [6, 6.07) is 0. The van der Waals surface area contributed by atoms with E-state index >= 15 is 0 Å². The first-order valence-corrected chi connectivity index (χ1v) is 8.00. The molecule has 1 aromatic heterocycles. The van der Waals surface area contributed by atoms with Crippen LogP contribution in [-0.4, -0.2) is 21.9 Å². The van der Waals surface area contributed by atoms with Gasteiger partial charge in [-0.15, -0.1) is 0 Å². The zero-order valence-corrected chi connectivity index (χ0v) is 14.8. The molecule has 1 N–H and O–H groups in total. The summed E-state index contributed by atoms with van der Waals surface area (Å²) in [7, 11) is 0. The van der Waals surface area contributed by atoms with Crippen LogP contribution in [0.5, 0.6) is 0 Å². The maximum atomic E-state index is 6.43. The Morgan fingerprint density at radius 3 is 2.35 bits per heavy atom. The highest BCUT2D eigenvalue weighted by Gasteiger charge is 2.22. The van der Waals surface area contributed by atoms with Crippen LogP contribution in [0.15, 0.2) is 0 Å². The van der Waals surface area contributed by atoms with E-state index in [4.69, 9.17) is 11.6 Å². The third-order valence-electron chi connectivity index (χ3n) is 3.75. The summed E-state index contributed by atoms with van der Waals surface area (Å²) < 4.78 is 2.05. The molecule has 1 unspecified atom stereocenters. The quantitative estimate of drug-likeness (QED) is 0.858. The van der Waals surface area contributed by atoms with Crippen LogP contribution in [0.4, 0.5) is 0 Å². The van der Waals surface area contributed by atoms with Crippen LogP contribution in [0.25, 0.3) is 0 Å². The fraction of sp³-hybridized carbons (Fsp3) is 0.812. The molecule has 20 heavy (non-hydrogen) atoms. The van der Waals surface area contributed by atoms with Crippen molar-refractivity contribution < 1.29 is 0 Å². The number of hydrogen-bond donors (Lipinski definition) is 1. The van der Waals surface area contributed by atoms with Crippen molar-refractivity contribution in [1.82, 2.24) is 15.1 Å². The van der Waals surface area contributed by atoms with Gasteiger partial charge in [-0.05, 0) is 59.4 Å². The van der Waals surface area contributed by atoms with Crippen molar-refractivity contribution in [2.75, 3.05) is 6.54 Å². The van der Waals surface area contributed by atoms with Crippen molar-refractivity contribution in [3.8, 4) is 0 Å². The average molecular weight is 300 g/mol. The molecule has 1 rings (SSSR count). The number of nitrogens with one attached hydrogen (secondary N) is 1. The fourth-order valence-electron chi connectivity index (χ4n) is 2.29. The summed E-state index contributed by atoms with van der Waals surface area (Å²) >= 11 is 6.43. The highest BCUT2D eigenvalue weighted by molar-refractivity contribution is 6.31. The summed E-state index contributed by atoms with van der Waals surface area (Å²) in [6.07, 6.45) is 0.980. The second kappa shape index (κ2) is 6.95. The molecule has 4 heteroatoms. The van der Waals surface area contributed by atoms with E-state index in [-0.39, 0.29) is 5.54 Å². The van der Waals surface area contributed by atoms with Crippen LogP contribution in [0.2, 0.25) is 5.02 Å². The monoisotopic (exact) mass is 299 g/mol. The van der Waals surface area contributed by atoms with Gasteiger partial charge in [0.1, 0.15) is 0 Å². The van der Waals surface area contributed by atoms with E-state index in [1.807, 2.05) is 11.6 Å². The molecule has 0 spiro atoms. The first kappa shape index (κ1) is 17.5. The predicted molar refractivity (Wildman–Crippen MR) is 87.4 cm³/mol. The number of hydrogen-bond acceptors (Lipinski definition) is 2. The molecule has 0 radical (unpaired) electrons. The summed E-state index contributed by atoms with van der Waals surface area (Å²) in [4.78, 5) is 0. The summed E-state index contributed by atoms with van der Waals surface area (Å²) in [5, 5.41) is 8.97. The Hall–Kier alpha value is -0.540. The van der Waals surface area contributed by atoms with Gasteiger partial charge in [-0.1, -0.05) is 25.4 Å². The molecule has 0 saturated carbocycles. The second-order valence-electron chi connectivity index (χ2n) is 7.00. The first-order chi connectivity index (χ1) is 9.15.